The Kier molecular flexibility index (Phi) is 3.89. The summed E-state index contributed by atoms with van der Waals surface area (Å²) in [5.74, 6) is 0.496. The molecule has 2 nitrogen and oxygen atoms in total. The molecule has 0 saturated carbocycles. The highest BCUT2D eigenvalue weighted by Crippen LogP contribution is 2.28. The number of alkyl halides is 1. The van der Waals surface area contributed by atoms with Crippen LogP contribution in [0.2, 0.25) is 5.02 Å². The van der Waals surface area contributed by atoms with Gasteiger partial charge in [-0.15, -0.1) is 0 Å². The van der Waals surface area contributed by atoms with E-state index in [1.807, 2.05) is 6.92 Å². The first-order chi connectivity index (χ1) is 6.69. The van der Waals surface area contributed by atoms with Crippen LogP contribution in [0.3, 0.4) is 0 Å². The normalized spacial score (nSPS) is 12.2. The fourth-order valence-electron chi connectivity index (χ4n) is 1.04. The second kappa shape index (κ2) is 4.96. The fraction of sp³-hybridized carbons (Fsp3) is 0.300. The quantitative estimate of drug-likeness (QED) is 0.724. The molecule has 0 aliphatic heterocycles. The Bertz CT molecular complexity index is 328. The molecule has 1 unspecified atom stereocenters. The van der Waals surface area contributed by atoms with Gasteiger partial charge in [-0.3, -0.25) is 4.79 Å². The Morgan fingerprint density at radius 3 is 2.86 bits per heavy atom. The summed E-state index contributed by atoms with van der Waals surface area (Å²) in [6.45, 7) is 2.32. The van der Waals surface area contributed by atoms with Crippen LogP contribution in [0.15, 0.2) is 18.2 Å². The number of rotatable bonds is 4. The van der Waals surface area contributed by atoms with Crippen molar-refractivity contribution < 1.29 is 13.9 Å². The van der Waals surface area contributed by atoms with Gasteiger partial charge in [0.05, 0.1) is 11.6 Å². The predicted molar refractivity (Wildman–Crippen MR) is 52.5 cm³/mol. The summed E-state index contributed by atoms with van der Waals surface area (Å²) >= 11 is 5.80. The van der Waals surface area contributed by atoms with Gasteiger partial charge in [0.25, 0.3) is 0 Å². The van der Waals surface area contributed by atoms with Crippen molar-refractivity contribution in [3.05, 3.63) is 28.8 Å². The number of carbonyl (C=O) groups excluding carboxylic acids is 1. The van der Waals surface area contributed by atoms with Crippen LogP contribution in [0.1, 0.15) is 18.7 Å². The van der Waals surface area contributed by atoms with Crippen molar-refractivity contribution in [2.24, 2.45) is 0 Å². The van der Waals surface area contributed by atoms with E-state index < -0.39 is 6.17 Å². The maximum absolute atomic E-state index is 12.9. The number of carbonyl (C=O) groups is 1. The molecule has 0 aliphatic carbocycles. The second-order valence-corrected chi connectivity index (χ2v) is 3.07. The van der Waals surface area contributed by atoms with E-state index >= 15 is 0 Å². The standard InChI is InChI=1S/C10H10ClFO2/c1-2-14-10-4-3-7(5-8(10)11)9(12)6-13/h3-6,9H,2H2,1H3. The third-order valence-corrected chi connectivity index (χ3v) is 1.99. The SMILES string of the molecule is CCOc1ccc(C(F)C=O)cc1Cl. The van der Waals surface area contributed by atoms with Gasteiger partial charge in [-0.1, -0.05) is 17.7 Å². The zero-order chi connectivity index (χ0) is 10.6. The molecule has 0 N–H and O–H groups in total. The smallest absolute Gasteiger partial charge is 0.180 e. The van der Waals surface area contributed by atoms with E-state index in [2.05, 4.69) is 0 Å². The molecule has 1 aromatic rings. The van der Waals surface area contributed by atoms with Crippen molar-refractivity contribution >= 4 is 17.9 Å². The van der Waals surface area contributed by atoms with Crippen LogP contribution in [0.5, 0.6) is 5.75 Å². The number of hydrogen-bond donors (Lipinski definition) is 0. The molecule has 1 rings (SSSR count). The van der Waals surface area contributed by atoms with Crippen LogP contribution in [0.25, 0.3) is 0 Å². The van der Waals surface area contributed by atoms with Crippen LogP contribution >= 0.6 is 11.6 Å². The maximum atomic E-state index is 12.9. The van der Waals surface area contributed by atoms with Gasteiger partial charge in [-0.05, 0) is 24.6 Å². The van der Waals surface area contributed by atoms with Gasteiger partial charge in [0.15, 0.2) is 12.5 Å². The minimum atomic E-state index is -1.62. The second-order valence-electron chi connectivity index (χ2n) is 2.66. The largest absolute Gasteiger partial charge is 0.492 e. The van der Waals surface area contributed by atoms with Crippen LogP contribution in [-0.2, 0) is 4.79 Å². The Hall–Kier alpha value is -1.09. The number of ether oxygens (including phenoxy) is 1. The molecule has 0 amide bonds. The van der Waals surface area contributed by atoms with Crippen LogP contribution < -0.4 is 4.74 Å². The molecule has 1 aromatic carbocycles. The molecule has 4 heteroatoms. The first kappa shape index (κ1) is 11.0. The highest BCUT2D eigenvalue weighted by atomic mass is 35.5. The lowest BCUT2D eigenvalue weighted by Crippen LogP contribution is -1.95. The Labute approximate surface area is 86.6 Å². The molecule has 14 heavy (non-hydrogen) atoms. The minimum absolute atomic E-state index is 0.228. The maximum Gasteiger partial charge on any atom is 0.180 e. The summed E-state index contributed by atoms with van der Waals surface area (Å²) in [6.07, 6.45) is -1.39. The lowest BCUT2D eigenvalue weighted by Gasteiger charge is -2.07. The third kappa shape index (κ3) is 2.45. The van der Waals surface area contributed by atoms with Gasteiger partial charge in [0.1, 0.15) is 5.75 Å². The summed E-state index contributed by atoms with van der Waals surface area (Å²) < 4.78 is 18.1. The predicted octanol–water partition coefficient (Wildman–Crippen LogP) is 2.95. The minimum Gasteiger partial charge on any atom is -0.492 e. The number of benzene rings is 1. The van der Waals surface area contributed by atoms with E-state index in [4.69, 9.17) is 16.3 Å². The van der Waals surface area contributed by atoms with Crippen molar-refractivity contribution in [1.29, 1.82) is 0 Å². The molecular formula is C10H10ClFO2. The average molecular weight is 217 g/mol. The molecule has 0 aliphatic rings. The summed E-state index contributed by atoms with van der Waals surface area (Å²) in [7, 11) is 0. The lowest BCUT2D eigenvalue weighted by atomic mass is 10.1. The fourth-order valence-corrected chi connectivity index (χ4v) is 1.28. The van der Waals surface area contributed by atoms with Crippen LogP contribution in [0.4, 0.5) is 4.39 Å². The Morgan fingerprint density at radius 1 is 1.64 bits per heavy atom. The highest BCUT2D eigenvalue weighted by molar-refractivity contribution is 6.32. The van der Waals surface area contributed by atoms with Crippen LogP contribution in [0, 0.1) is 0 Å². The number of halogens is 2. The molecule has 1 atom stereocenters. The van der Waals surface area contributed by atoms with Crippen molar-refractivity contribution in [3.8, 4) is 5.75 Å². The van der Waals surface area contributed by atoms with Gasteiger partial charge in [-0.2, -0.15) is 0 Å². The molecular weight excluding hydrogens is 207 g/mol. The zero-order valence-electron chi connectivity index (χ0n) is 7.67. The van der Waals surface area contributed by atoms with E-state index in [9.17, 15) is 9.18 Å². The van der Waals surface area contributed by atoms with Crippen molar-refractivity contribution in [2.45, 2.75) is 13.1 Å². The van der Waals surface area contributed by atoms with E-state index in [1.165, 1.54) is 12.1 Å². The lowest BCUT2D eigenvalue weighted by molar-refractivity contribution is -0.112. The number of hydrogen-bond acceptors (Lipinski definition) is 2. The van der Waals surface area contributed by atoms with Gasteiger partial charge in [0.2, 0.25) is 0 Å². The van der Waals surface area contributed by atoms with E-state index in [1.54, 1.807) is 6.07 Å². The topological polar surface area (TPSA) is 26.3 Å². The molecule has 76 valence electrons. The van der Waals surface area contributed by atoms with Crippen LogP contribution in [-0.4, -0.2) is 12.9 Å². The summed E-state index contributed by atoms with van der Waals surface area (Å²) in [5, 5.41) is 0.314. The van der Waals surface area contributed by atoms with Gasteiger partial charge in [0, 0.05) is 0 Å². The van der Waals surface area contributed by atoms with Gasteiger partial charge in [-0.25, -0.2) is 4.39 Å². The molecule has 0 aromatic heterocycles. The summed E-state index contributed by atoms with van der Waals surface area (Å²) in [4.78, 5) is 10.2. The number of aldehydes is 1. The summed E-state index contributed by atoms with van der Waals surface area (Å²) in [5.41, 5.74) is 0.244. The first-order valence-corrected chi connectivity index (χ1v) is 4.58. The molecule has 0 spiro atoms. The Morgan fingerprint density at radius 2 is 2.36 bits per heavy atom. The molecule has 0 bridgehead atoms. The first-order valence-electron chi connectivity index (χ1n) is 4.20. The molecule has 0 heterocycles. The molecule has 0 radical (unpaired) electrons. The van der Waals surface area contributed by atoms with Crippen molar-refractivity contribution in [1.82, 2.24) is 0 Å². The van der Waals surface area contributed by atoms with Crippen molar-refractivity contribution in [2.75, 3.05) is 6.61 Å². The van der Waals surface area contributed by atoms with E-state index in [-0.39, 0.29) is 11.8 Å². The van der Waals surface area contributed by atoms with E-state index in [0.29, 0.717) is 17.4 Å². The molecule has 0 saturated heterocycles. The zero-order valence-corrected chi connectivity index (χ0v) is 8.42. The average Bonchev–Trinajstić information content (AvgIpc) is 2.20. The Balaban J connectivity index is 2.93. The third-order valence-electron chi connectivity index (χ3n) is 1.69. The summed E-state index contributed by atoms with van der Waals surface area (Å²) in [6, 6.07) is 4.43. The van der Waals surface area contributed by atoms with Gasteiger partial charge >= 0.3 is 0 Å². The molecule has 0 fully saturated rings. The van der Waals surface area contributed by atoms with Gasteiger partial charge < -0.3 is 4.74 Å². The monoisotopic (exact) mass is 216 g/mol. The van der Waals surface area contributed by atoms with E-state index in [0.717, 1.165) is 0 Å². The highest BCUT2D eigenvalue weighted by Gasteiger charge is 2.10. The van der Waals surface area contributed by atoms with Crippen molar-refractivity contribution in [3.63, 3.8) is 0 Å².